The summed E-state index contributed by atoms with van der Waals surface area (Å²) in [6.07, 6.45) is 1.40. The highest BCUT2D eigenvalue weighted by atomic mass is 16.5. The first-order valence-electron chi connectivity index (χ1n) is 3.87. The number of pyridine rings is 1. The second-order valence-corrected chi connectivity index (χ2v) is 2.80. The molecule has 0 aliphatic heterocycles. The number of hydrogen-bond donors (Lipinski definition) is 0. The van der Waals surface area contributed by atoms with E-state index in [9.17, 15) is 0 Å². The fourth-order valence-electron chi connectivity index (χ4n) is 1.06. The Morgan fingerprint density at radius 3 is 2.67 bits per heavy atom. The summed E-state index contributed by atoms with van der Waals surface area (Å²) >= 11 is 0. The van der Waals surface area contributed by atoms with Gasteiger partial charge in [-0.3, -0.25) is 0 Å². The van der Waals surface area contributed by atoms with Crippen LogP contribution in [-0.4, -0.2) is 4.98 Å². The average Bonchev–Trinajstić information content (AvgIpc) is 2.00. The van der Waals surface area contributed by atoms with E-state index in [0.29, 0.717) is 5.88 Å². The van der Waals surface area contributed by atoms with Gasteiger partial charge in [-0.15, -0.1) is 0 Å². The molecule has 2 heteroatoms. The zero-order chi connectivity index (χ0) is 9.14. The molecule has 0 saturated heterocycles. The van der Waals surface area contributed by atoms with E-state index in [2.05, 4.69) is 11.6 Å². The summed E-state index contributed by atoms with van der Waals surface area (Å²) in [5.41, 5.74) is 3.23. The van der Waals surface area contributed by atoms with Crippen molar-refractivity contribution in [1.29, 1.82) is 0 Å². The molecule has 1 rings (SSSR count). The van der Waals surface area contributed by atoms with Crippen LogP contribution in [0.25, 0.3) is 0 Å². The number of ether oxygens (including phenoxy) is 1. The topological polar surface area (TPSA) is 22.1 Å². The van der Waals surface area contributed by atoms with Gasteiger partial charge < -0.3 is 4.74 Å². The Bertz CT molecular complexity index is 305. The second-order valence-electron chi connectivity index (χ2n) is 2.80. The Balaban J connectivity index is 3.17. The van der Waals surface area contributed by atoms with Crippen molar-refractivity contribution in [2.75, 3.05) is 0 Å². The van der Waals surface area contributed by atoms with Crippen LogP contribution < -0.4 is 4.74 Å². The molecule has 0 bridgehead atoms. The van der Waals surface area contributed by atoms with Gasteiger partial charge in [-0.1, -0.05) is 6.58 Å². The highest BCUT2D eigenvalue weighted by Gasteiger charge is 2.03. The quantitative estimate of drug-likeness (QED) is 0.625. The van der Waals surface area contributed by atoms with Crippen molar-refractivity contribution in [2.24, 2.45) is 0 Å². The van der Waals surface area contributed by atoms with E-state index >= 15 is 0 Å². The van der Waals surface area contributed by atoms with Crippen molar-refractivity contribution in [3.63, 3.8) is 0 Å². The molecule has 0 saturated carbocycles. The minimum atomic E-state index is 0.655. The molecule has 12 heavy (non-hydrogen) atoms. The molecule has 0 radical (unpaired) electrons. The Morgan fingerprint density at radius 1 is 1.42 bits per heavy atom. The molecule has 1 aromatic heterocycles. The summed E-state index contributed by atoms with van der Waals surface area (Å²) in [6.45, 7) is 9.47. The molecule has 0 unspecified atom stereocenters. The lowest BCUT2D eigenvalue weighted by Crippen LogP contribution is -1.94. The van der Waals surface area contributed by atoms with Crippen molar-refractivity contribution < 1.29 is 4.74 Å². The maximum atomic E-state index is 5.15. The van der Waals surface area contributed by atoms with E-state index in [4.69, 9.17) is 4.74 Å². The largest absolute Gasteiger partial charge is 0.447 e. The van der Waals surface area contributed by atoms with Gasteiger partial charge in [0.2, 0.25) is 5.88 Å². The number of aromatic nitrogens is 1. The highest BCUT2D eigenvalue weighted by Crippen LogP contribution is 2.19. The Kier molecular flexibility index (Phi) is 2.48. The van der Waals surface area contributed by atoms with Gasteiger partial charge in [-0.25, -0.2) is 4.98 Å². The Morgan fingerprint density at radius 2 is 2.08 bits per heavy atom. The van der Waals surface area contributed by atoms with Gasteiger partial charge in [0.1, 0.15) is 0 Å². The average molecular weight is 163 g/mol. The van der Waals surface area contributed by atoms with Gasteiger partial charge >= 0.3 is 0 Å². The molecule has 64 valence electrons. The molecular formula is C10H13NO. The lowest BCUT2D eigenvalue weighted by Gasteiger charge is -2.06. The maximum absolute atomic E-state index is 5.15. The molecular weight excluding hydrogens is 150 g/mol. The van der Waals surface area contributed by atoms with Gasteiger partial charge in [-0.2, -0.15) is 0 Å². The van der Waals surface area contributed by atoms with E-state index in [0.717, 1.165) is 11.3 Å². The minimum Gasteiger partial charge on any atom is -0.447 e. The van der Waals surface area contributed by atoms with Crippen molar-refractivity contribution in [1.82, 2.24) is 4.98 Å². The van der Waals surface area contributed by atoms with Crippen molar-refractivity contribution >= 4 is 0 Å². The van der Waals surface area contributed by atoms with Crippen molar-refractivity contribution in [3.05, 3.63) is 35.7 Å². The van der Waals surface area contributed by atoms with Crippen molar-refractivity contribution in [3.8, 4) is 5.88 Å². The zero-order valence-electron chi connectivity index (χ0n) is 7.72. The minimum absolute atomic E-state index is 0.655. The van der Waals surface area contributed by atoms with E-state index in [-0.39, 0.29) is 0 Å². The van der Waals surface area contributed by atoms with E-state index in [1.54, 1.807) is 0 Å². The van der Waals surface area contributed by atoms with Crippen LogP contribution in [0.4, 0.5) is 0 Å². The zero-order valence-corrected chi connectivity index (χ0v) is 7.72. The third kappa shape index (κ3) is 1.64. The fourth-order valence-corrected chi connectivity index (χ4v) is 1.06. The molecule has 1 heterocycles. The first kappa shape index (κ1) is 8.78. The molecule has 0 aliphatic rings. The van der Waals surface area contributed by atoms with E-state index < -0.39 is 0 Å². The Hall–Kier alpha value is -1.31. The summed E-state index contributed by atoms with van der Waals surface area (Å²) in [4.78, 5) is 4.23. The molecule has 0 N–H and O–H groups in total. The fraction of sp³-hybridized carbons (Fsp3) is 0.300. The summed E-state index contributed by atoms with van der Waals surface area (Å²) in [6, 6.07) is 2.03. The van der Waals surface area contributed by atoms with Crippen LogP contribution in [0.1, 0.15) is 16.8 Å². The summed E-state index contributed by atoms with van der Waals surface area (Å²) < 4.78 is 5.15. The lowest BCUT2D eigenvalue weighted by molar-refractivity contribution is 0.457. The van der Waals surface area contributed by atoms with E-state index in [1.165, 1.54) is 11.8 Å². The summed E-state index contributed by atoms with van der Waals surface area (Å²) in [5, 5.41) is 0. The Labute approximate surface area is 72.9 Å². The number of rotatable bonds is 2. The predicted octanol–water partition coefficient (Wildman–Crippen LogP) is 2.53. The normalized spacial score (nSPS) is 9.58. The van der Waals surface area contributed by atoms with Crippen LogP contribution in [0.15, 0.2) is 18.9 Å². The number of hydrogen-bond acceptors (Lipinski definition) is 2. The molecule has 1 aromatic rings. The first-order chi connectivity index (χ1) is 5.65. The van der Waals surface area contributed by atoms with Crippen molar-refractivity contribution in [2.45, 2.75) is 20.8 Å². The number of aryl methyl sites for hydroxylation is 2. The molecule has 2 nitrogen and oxygen atoms in total. The van der Waals surface area contributed by atoms with Gasteiger partial charge in [0.05, 0.1) is 6.26 Å². The van der Waals surface area contributed by atoms with Gasteiger partial charge in [0, 0.05) is 11.3 Å². The predicted molar refractivity (Wildman–Crippen MR) is 49.3 cm³/mol. The molecule has 0 aromatic carbocycles. The third-order valence-electron chi connectivity index (χ3n) is 1.81. The van der Waals surface area contributed by atoms with Crippen LogP contribution in [0, 0.1) is 20.8 Å². The highest BCUT2D eigenvalue weighted by molar-refractivity contribution is 5.34. The van der Waals surface area contributed by atoms with Gasteiger partial charge in [-0.05, 0) is 32.4 Å². The second kappa shape index (κ2) is 3.39. The molecule has 0 aliphatic carbocycles. The molecule has 0 spiro atoms. The van der Waals surface area contributed by atoms with Crippen LogP contribution >= 0.6 is 0 Å². The van der Waals surface area contributed by atoms with Gasteiger partial charge in [0.25, 0.3) is 0 Å². The van der Waals surface area contributed by atoms with Crippen LogP contribution in [0.5, 0.6) is 5.88 Å². The molecule has 0 atom stereocenters. The summed E-state index contributed by atoms with van der Waals surface area (Å²) in [7, 11) is 0. The first-order valence-corrected chi connectivity index (χ1v) is 3.87. The lowest BCUT2D eigenvalue weighted by atomic mass is 10.1. The van der Waals surface area contributed by atoms with E-state index in [1.807, 2.05) is 26.8 Å². The number of nitrogens with zero attached hydrogens (tertiary/aromatic N) is 1. The molecule has 0 amide bonds. The maximum Gasteiger partial charge on any atom is 0.221 e. The summed E-state index contributed by atoms with van der Waals surface area (Å²) in [5.74, 6) is 0.655. The smallest absolute Gasteiger partial charge is 0.221 e. The van der Waals surface area contributed by atoms with Gasteiger partial charge in [0.15, 0.2) is 0 Å². The van der Waals surface area contributed by atoms with Crippen LogP contribution in [-0.2, 0) is 0 Å². The van der Waals surface area contributed by atoms with Crippen LogP contribution in [0.2, 0.25) is 0 Å². The monoisotopic (exact) mass is 163 g/mol. The molecule has 0 fully saturated rings. The van der Waals surface area contributed by atoms with Crippen LogP contribution in [0.3, 0.4) is 0 Å². The standard InChI is InChI=1S/C10H13NO/c1-5-12-10-9(4)7(2)6-8(3)11-10/h5-6H,1H2,2-4H3. The SMILES string of the molecule is C=COc1nc(C)cc(C)c1C. The third-order valence-corrected chi connectivity index (χ3v) is 1.81.